The van der Waals surface area contributed by atoms with Crippen LogP contribution < -0.4 is 10.9 Å². The molecule has 1 aliphatic rings. The lowest BCUT2D eigenvalue weighted by Gasteiger charge is -2.31. The number of carbonyl (C=O) groups excluding carboxylic acids is 1. The molecular weight excluding hydrogens is 482 g/mol. The number of ether oxygens (including phenoxy) is 1. The van der Waals surface area contributed by atoms with E-state index in [9.17, 15) is 9.59 Å². The normalized spacial score (nSPS) is 14.4. The number of imidazole rings is 1. The van der Waals surface area contributed by atoms with E-state index in [1.807, 2.05) is 13.0 Å². The first-order valence-corrected chi connectivity index (χ1v) is 12.3. The van der Waals surface area contributed by atoms with E-state index >= 15 is 0 Å². The first-order chi connectivity index (χ1) is 17.4. The van der Waals surface area contributed by atoms with Gasteiger partial charge in [-0.2, -0.15) is 5.10 Å². The number of pyridine rings is 1. The van der Waals surface area contributed by atoms with Crippen LogP contribution in [0.3, 0.4) is 0 Å². The summed E-state index contributed by atoms with van der Waals surface area (Å²) in [5.41, 5.74) is 4.88. The van der Waals surface area contributed by atoms with Crippen molar-refractivity contribution in [1.82, 2.24) is 29.6 Å². The number of benzene rings is 1. The third-order valence-electron chi connectivity index (χ3n) is 6.65. The van der Waals surface area contributed by atoms with Crippen LogP contribution in [0.2, 0.25) is 5.02 Å². The van der Waals surface area contributed by atoms with Crippen LogP contribution in [0.15, 0.2) is 41.6 Å². The van der Waals surface area contributed by atoms with Crippen LogP contribution in [-0.2, 0) is 11.3 Å². The Morgan fingerprint density at radius 3 is 2.83 bits per heavy atom. The number of nitrogens with zero attached hydrogens (tertiary/aromatic N) is 4. The minimum absolute atomic E-state index is 0.228. The Kier molecular flexibility index (Phi) is 6.69. The number of aryl methyl sites for hydroxylation is 1. The molecule has 3 N–H and O–H groups in total. The summed E-state index contributed by atoms with van der Waals surface area (Å²) in [4.78, 5) is 37.3. The number of carbonyl (C=O) groups is 1. The molecule has 0 unspecified atom stereocenters. The summed E-state index contributed by atoms with van der Waals surface area (Å²) in [5, 5.41) is 8.09. The Morgan fingerprint density at radius 2 is 2.11 bits per heavy atom. The highest BCUT2D eigenvalue weighted by atomic mass is 35.5. The lowest BCUT2D eigenvalue weighted by Crippen LogP contribution is -2.37. The maximum atomic E-state index is 12.8. The van der Waals surface area contributed by atoms with Gasteiger partial charge in [-0.3, -0.25) is 9.48 Å². The van der Waals surface area contributed by atoms with Gasteiger partial charge in [0.25, 0.3) is 5.56 Å². The van der Waals surface area contributed by atoms with Crippen molar-refractivity contribution in [2.75, 3.05) is 32.1 Å². The molecule has 1 fully saturated rings. The number of nitrogens with one attached hydrogen (secondary N) is 3. The average molecular weight is 510 g/mol. The van der Waals surface area contributed by atoms with Gasteiger partial charge in [0, 0.05) is 32.0 Å². The molecule has 10 nitrogen and oxygen atoms in total. The van der Waals surface area contributed by atoms with Gasteiger partial charge in [0.2, 0.25) is 0 Å². The second kappa shape index (κ2) is 10.1. The predicted octanol–water partition coefficient (Wildman–Crippen LogP) is 4.13. The van der Waals surface area contributed by atoms with E-state index in [1.165, 1.54) is 12.7 Å². The molecule has 1 saturated heterocycles. The first-order valence-electron chi connectivity index (χ1n) is 11.9. The smallest absolute Gasteiger partial charge is 0.409 e. The van der Waals surface area contributed by atoms with Gasteiger partial charge in [0.05, 0.1) is 41.6 Å². The number of likely N-dealkylation sites (tertiary alicyclic amines) is 1. The maximum absolute atomic E-state index is 12.8. The first kappa shape index (κ1) is 23.9. The molecule has 1 aliphatic heterocycles. The van der Waals surface area contributed by atoms with Crippen molar-refractivity contribution in [3.05, 3.63) is 63.3 Å². The van der Waals surface area contributed by atoms with Gasteiger partial charge in [-0.1, -0.05) is 17.7 Å². The summed E-state index contributed by atoms with van der Waals surface area (Å²) in [6.45, 7) is 4.52. The molecule has 1 aromatic carbocycles. The molecule has 0 atom stereocenters. The van der Waals surface area contributed by atoms with E-state index in [1.54, 1.807) is 28.2 Å². The fraction of sp³-hybridized carbons (Fsp3) is 0.360. The number of aromatic nitrogens is 5. The Hall–Kier alpha value is -3.79. The largest absolute Gasteiger partial charge is 0.453 e. The number of hydrogen-bond donors (Lipinski definition) is 3. The highest BCUT2D eigenvalue weighted by Gasteiger charge is 2.25. The van der Waals surface area contributed by atoms with Crippen LogP contribution in [-0.4, -0.2) is 62.5 Å². The van der Waals surface area contributed by atoms with Crippen molar-refractivity contribution in [2.24, 2.45) is 0 Å². The summed E-state index contributed by atoms with van der Waals surface area (Å²) in [5.74, 6) is 0.853. The van der Waals surface area contributed by atoms with Crippen molar-refractivity contribution in [3.63, 3.8) is 0 Å². The Balaban J connectivity index is 1.39. The van der Waals surface area contributed by atoms with Crippen LogP contribution in [0.1, 0.15) is 29.9 Å². The molecule has 0 saturated carbocycles. The fourth-order valence-corrected chi connectivity index (χ4v) is 4.98. The third-order valence-corrected chi connectivity index (χ3v) is 6.85. The second-order valence-electron chi connectivity index (χ2n) is 8.99. The fourth-order valence-electron chi connectivity index (χ4n) is 4.82. The zero-order valence-electron chi connectivity index (χ0n) is 20.2. The third kappa shape index (κ3) is 4.81. The van der Waals surface area contributed by atoms with E-state index in [0.29, 0.717) is 54.2 Å². The highest BCUT2D eigenvalue weighted by Crippen LogP contribution is 2.33. The van der Waals surface area contributed by atoms with E-state index in [2.05, 4.69) is 32.5 Å². The van der Waals surface area contributed by atoms with Gasteiger partial charge in [0.1, 0.15) is 11.4 Å². The number of anilines is 1. The summed E-state index contributed by atoms with van der Waals surface area (Å²) in [6, 6.07) is 6.10. The zero-order valence-corrected chi connectivity index (χ0v) is 20.9. The Morgan fingerprint density at radius 1 is 1.31 bits per heavy atom. The standard InChI is InChI=1S/C25H28ClN7O3/c1-15-11-17(16-4-8-32(9-5-16)25(35)36-2)12-20-22(15)31-23(30-20)21-19(3-6-28-24(21)34)27-7-10-33-14-18(26)13-29-33/h3,6,11-14,16H,4-5,7-10H2,1-2H3,(H,30,31)(H2,27,28,34). The molecule has 11 heteroatoms. The van der Waals surface area contributed by atoms with Gasteiger partial charge in [0.15, 0.2) is 0 Å². The topological polar surface area (TPSA) is 121 Å². The van der Waals surface area contributed by atoms with Crippen LogP contribution in [0, 0.1) is 6.92 Å². The summed E-state index contributed by atoms with van der Waals surface area (Å²) in [6.07, 6.45) is 6.42. The molecule has 5 rings (SSSR count). The van der Waals surface area contributed by atoms with Gasteiger partial charge >= 0.3 is 6.09 Å². The Bertz CT molecular complexity index is 1450. The summed E-state index contributed by atoms with van der Waals surface area (Å²) >= 11 is 5.94. The molecule has 0 spiro atoms. The molecule has 36 heavy (non-hydrogen) atoms. The quantitative estimate of drug-likeness (QED) is 0.359. The Labute approximate surface area is 212 Å². The van der Waals surface area contributed by atoms with E-state index in [0.717, 1.165) is 29.4 Å². The van der Waals surface area contributed by atoms with E-state index < -0.39 is 0 Å². The van der Waals surface area contributed by atoms with Crippen molar-refractivity contribution in [2.45, 2.75) is 32.2 Å². The predicted molar refractivity (Wildman–Crippen MR) is 139 cm³/mol. The number of hydrogen-bond acceptors (Lipinski definition) is 6. The monoisotopic (exact) mass is 509 g/mol. The zero-order chi connectivity index (χ0) is 25.2. The number of methoxy groups -OCH3 is 1. The average Bonchev–Trinajstić information content (AvgIpc) is 3.50. The van der Waals surface area contributed by atoms with Crippen molar-refractivity contribution >= 4 is 34.4 Å². The van der Waals surface area contributed by atoms with E-state index in [-0.39, 0.29) is 11.7 Å². The van der Waals surface area contributed by atoms with Gasteiger partial charge in [-0.05, 0) is 48.9 Å². The summed E-state index contributed by atoms with van der Waals surface area (Å²) in [7, 11) is 1.41. The maximum Gasteiger partial charge on any atom is 0.409 e. The number of fused-ring (bicyclic) bond motifs is 1. The number of piperidine rings is 1. The lowest BCUT2D eigenvalue weighted by molar-refractivity contribution is 0.112. The van der Waals surface area contributed by atoms with Crippen LogP contribution in [0.5, 0.6) is 0 Å². The molecular formula is C25H28ClN7O3. The van der Waals surface area contributed by atoms with Crippen LogP contribution in [0.25, 0.3) is 22.4 Å². The molecule has 0 aliphatic carbocycles. The number of amides is 1. The van der Waals surface area contributed by atoms with Crippen molar-refractivity contribution in [3.8, 4) is 11.4 Å². The molecule has 3 aromatic heterocycles. The summed E-state index contributed by atoms with van der Waals surface area (Å²) < 4.78 is 6.59. The van der Waals surface area contributed by atoms with Gasteiger partial charge in [-0.25, -0.2) is 9.78 Å². The highest BCUT2D eigenvalue weighted by molar-refractivity contribution is 6.30. The van der Waals surface area contributed by atoms with Crippen LogP contribution in [0.4, 0.5) is 10.5 Å². The molecule has 0 bridgehead atoms. The minimum atomic E-state index is -0.274. The van der Waals surface area contributed by atoms with Crippen LogP contribution >= 0.6 is 11.6 Å². The SMILES string of the molecule is COC(=O)N1CCC(c2cc(C)c3nc(-c4c(NCCn5cc(Cl)cn5)cc[nH]c4=O)[nH]c3c2)CC1. The molecule has 188 valence electrons. The number of halogens is 1. The van der Waals surface area contributed by atoms with Gasteiger partial charge < -0.3 is 24.9 Å². The number of rotatable bonds is 6. The molecule has 1 amide bonds. The number of H-pyrrole nitrogens is 2. The molecule has 4 heterocycles. The number of aromatic amines is 2. The van der Waals surface area contributed by atoms with Crippen molar-refractivity contribution in [1.29, 1.82) is 0 Å². The van der Waals surface area contributed by atoms with Crippen molar-refractivity contribution < 1.29 is 9.53 Å². The second-order valence-corrected chi connectivity index (χ2v) is 9.43. The minimum Gasteiger partial charge on any atom is -0.453 e. The van der Waals surface area contributed by atoms with Gasteiger partial charge in [-0.15, -0.1) is 0 Å². The lowest BCUT2D eigenvalue weighted by atomic mass is 9.88. The molecule has 4 aromatic rings. The molecule has 0 radical (unpaired) electrons. The van der Waals surface area contributed by atoms with E-state index in [4.69, 9.17) is 21.3 Å².